The first-order valence-electron chi connectivity index (χ1n) is 11.0. The number of rotatable bonds is 3. The molecule has 3 aromatic rings. The highest BCUT2D eigenvalue weighted by atomic mass is 19.2. The molecule has 2 saturated heterocycles. The normalized spacial score (nSPS) is 19.2. The van der Waals surface area contributed by atoms with E-state index in [1.807, 2.05) is 19.2 Å². The highest BCUT2D eigenvalue weighted by molar-refractivity contribution is 5.97. The molecule has 1 aromatic carbocycles. The van der Waals surface area contributed by atoms with Crippen LogP contribution in [0.5, 0.6) is 5.75 Å². The van der Waals surface area contributed by atoms with Crippen molar-refractivity contribution in [1.29, 1.82) is 0 Å². The first-order chi connectivity index (χ1) is 15.4. The Morgan fingerprint density at radius 3 is 2.66 bits per heavy atom. The fraction of sp³-hybridized carbons (Fsp3) is 0.435. The van der Waals surface area contributed by atoms with Gasteiger partial charge in [0, 0.05) is 37.5 Å². The SMILES string of the molecule is Cc1cn2nc(C3CCCCN3C(=O)c3ccc(F)c(F)c3O)cc2nc1N1CCCC1. The Bertz CT molecular complexity index is 1190. The molecule has 9 heteroatoms. The number of phenolic OH excluding ortho intramolecular Hbond substituents is 1. The molecule has 2 fully saturated rings. The molecule has 1 N–H and O–H groups in total. The number of likely N-dealkylation sites (tertiary alicyclic amines) is 1. The Balaban J connectivity index is 1.49. The van der Waals surface area contributed by atoms with E-state index >= 15 is 0 Å². The van der Waals surface area contributed by atoms with Crippen LogP contribution in [0.1, 0.15) is 59.8 Å². The Labute approximate surface area is 184 Å². The Hall–Kier alpha value is -3.23. The Kier molecular flexibility index (Phi) is 5.19. The number of fused-ring (bicyclic) bond motifs is 1. The Morgan fingerprint density at radius 2 is 1.88 bits per heavy atom. The number of carbonyl (C=O) groups excluding carboxylic acids is 1. The van der Waals surface area contributed by atoms with Crippen LogP contribution in [0.15, 0.2) is 24.4 Å². The molecule has 168 valence electrons. The van der Waals surface area contributed by atoms with Crippen LogP contribution in [0.3, 0.4) is 0 Å². The second-order valence-corrected chi connectivity index (χ2v) is 8.58. The third-order valence-corrected chi connectivity index (χ3v) is 6.43. The average molecular weight is 441 g/mol. The summed E-state index contributed by atoms with van der Waals surface area (Å²) in [6.45, 7) is 4.45. The van der Waals surface area contributed by atoms with Crippen LogP contribution < -0.4 is 4.90 Å². The number of aromatic hydroxyl groups is 1. The maximum absolute atomic E-state index is 13.9. The molecule has 2 aliphatic heterocycles. The number of aryl methyl sites for hydroxylation is 1. The van der Waals surface area contributed by atoms with Crippen molar-refractivity contribution in [2.45, 2.75) is 45.1 Å². The first-order valence-corrected chi connectivity index (χ1v) is 11.0. The van der Waals surface area contributed by atoms with Gasteiger partial charge in [0.1, 0.15) is 5.82 Å². The largest absolute Gasteiger partial charge is 0.504 e. The predicted molar refractivity (Wildman–Crippen MR) is 115 cm³/mol. The predicted octanol–water partition coefficient (Wildman–Crippen LogP) is 3.99. The zero-order chi connectivity index (χ0) is 22.4. The van der Waals surface area contributed by atoms with Gasteiger partial charge in [0.15, 0.2) is 17.2 Å². The summed E-state index contributed by atoms with van der Waals surface area (Å²) in [7, 11) is 0. The number of hydrogen-bond donors (Lipinski definition) is 1. The fourth-order valence-corrected chi connectivity index (χ4v) is 4.78. The van der Waals surface area contributed by atoms with Gasteiger partial charge in [-0.25, -0.2) is 13.9 Å². The van der Waals surface area contributed by atoms with Gasteiger partial charge in [0.25, 0.3) is 5.91 Å². The monoisotopic (exact) mass is 441 g/mol. The number of aromatic nitrogens is 3. The van der Waals surface area contributed by atoms with Crippen molar-refractivity contribution in [3.63, 3.8) is 0 Å². The number of amides is 1. The number of phenols is 1. The molecule has 0 aliphatic carbocycles. The van der Waals surface area contributed by atoms with Crippen LogP contribution in [-0.2, 0) is 0 Å². The molecule has 0 radical (unpaired) electrons. The van der Waals surface area contributed by atoms with Crippen LogP contribution in [0.25, 0.3) is 5.65 Å². The van der Waals surface area contributed by atoms with Crippen LogP contribution in [0, 0.1) is 18.6 Å². The maximum atomic E-state index is 13.9. The highest BCUT2D eigenvalue weighted by Gasteiger charge is 2.33. The molecule has 2 aromatic heterocycles. The van der Waals surface area contributed by atoms with Crippen molar-refractivity contribution < 1.29 is 18.7 Å². The molecule has 4 heterocycles. The molecule has 1 amide bonds. The second-order valence-electron chi connectivity index (χ2n) is 8.58. The minimum atomic E-state index is -1.41. The van der Waals surface area contributed by atoms with Gasteiger partial charge in [-0.3, -0.25) is 4.79 Å². The third kappa shape index (κ3) is 3.45. The maximum Gasteiger partial charge on any atom is 0.258 e. The number of anilines is 1. The number of hydrogen-bond acceptors (Lipinski definition) is 5. The lowest BCUT2D eigenvalue weighted by molar-refractivity contribution is 0.0601. The summed E-state index contributed by atoms with van der Waals surface area (Å²) in [4.78, 5) is 21.9. The molecular formula is C23H25F2N5O2. The van der Waals surface area contributed by atoms with Crippen LogP contribution in [-0.4, -0.2) is 50.1 Å². The smallest absolute Gasteiger partial charge is 0.258 e. The molecule has 32 heavy (non-hydrogen) atoms. The summed E-state index contributed by atoms with van der Waals surface area (Å²) in [6.07, 6.45) is 6.67. The fourth-order valence-electron chi connectivity index (χ4n) is 4.78. The van der Waals surface area contributed by atoms with Crippen molar-refractivity contribution in [2.24, 2.45) is 0 Å². The minimum absolute atomic E-state index is 0.246. The van der Waals surface area contributed by atoms with E-state index in [-0.39, 0.29) is 11.6 Å². The lowest BCUT2D eigenvalue weighted by Gasteiger charge is -2.35. The van der Waals surface area contributed by atoms with E-state index < -0.39 is 23.3 Å². The summed E-state index contributed by atoms with van der Waals surface area (Å²) in [5.74, 6) is -3.13. The van der Waals surface area contributed by atoms with Gasteiger partial charge in [-0.15, -0.1) is 0 Å². The highest BCUT2D eigenvalue weighted by Crippen LogP contribution is 2.34. The van der Waals surface area contributed by atoms with E-state index in [0.29, 0.717) is 24.3 Å². The van der Waals surface area contributed by atoms with E-state index in [1.165, 1.54) is 0 Å². The van der Waals surface area contributed by atoms with Gasteiger partial charge in [-0.1, -0.05) is 0 Å². The van der Waals surface area contributed by atoms with Gasteiger partial charge < -0.3 is 14.9 Å². The van der Waals surface area contributed by atoms with E-state index in [1.54, 1.807) is 9.42 Å². The van der Waals surface area contributed by atoms with Crippen LogP contribution >= 0.6 is 0 Å². The molecule has 0 bridgehead atoms. The van der Waals surface area contributed by atoms with Gasteiger partial charge in [-0.2, -0.15) is 9.49 Å². The summed E-state index contributed by atoms with van der Waals surface area (Å²) in [5, 5.41) is 14.7. The Morgan fingerprint density at radius 1 is 1.12 bits per heavy atom. The van der Waals surface area contributed by atoms with Crippen molar-refractivity contribution in [2.75, 3.05) is 24.5 Å². The number of nitrogens with zero attached hydrogens (tertiary/aromatic N) is 5. The lowest BCUT2D eigenvalue weighted by Crippen LogP contribution is -2.38. The molecule has 0 saturated carbocycles. The lowest BCUT2D eigenvalue weighted by atomic mass is 9.98. The van der Waals surface area contributed by atoms with Crippen molar-refractivity contribution in [3.8, 4) is 5.75 Å². The molecule has 0 spiro atoms. The summed E-state index contributed by atoms with van der Waals surface area (Å²) >= 11 is 0. The van der Waals surface area contributed by atoms with Crippen molar-refractivity contribution >= 4 is 17.4 Å². The number of carbonyl (C=O) groups is 1. The quantitative estimate of drug-likeness (QED) is 0.665. The standard InChI is InChI=1S/C23H25F2N5O2/c1-14-13-30-19(26-22(14)28-9-4-5-10-28)12-17(27-30)18-6-2-3-11-29(18)23(32)15-7-8-16(24)20(25)21(15)31/h7-8,12-13,18,31H,2-6,9-11H2,1H3. The van der Waals surface area contributed by atoms with Crippen LogP contribution in [0.2, 0.25) is 0 Å². The van der Waals surface area contributed by atoms with E-state index in [2.05, 4.69) is 4.90 Å². The summed E-state index contributed by atoms with van der Waals surface area (Å²) in [6, 6.07) is 3.54. The zero-order valence-corrected chi connectivity index (χ0v) is 17.9. The summed E-state index contributed by atoms with van der Waals surface area (Å²) in [5.41, 5.74) is 2.20. The molecular weight excluding hydrogens is 416 g/mol. The van der Waals surface area contributed by atoms with Crippen molar-refractivity contribution in [3.05, 3.63) is 52.9 Å². The second kappa shape index (κ2) is 8.03. The van der Waals surface area contributed by atoms with Gasteiger partial charge >= 0.3 is 0 Å². The van der Waals surface area contributed by atoms with E-state index in [9.17, 15) is 18.7 Å². The summed E-state index contributed by atoms with van der Waals surface area (Å²) < 4.78 is 29.0. The first kappa shape index (κ1) is 20.7. The number of benzene rings is 1. The van der Waals surface area contributed by atoms with Crippen molar-refractivity contribution in [1.82, 2.24) is 19.5 Å². The topological polar surface area (TPSA) is 74.0 Å². The molecule has 5 rings (SSSR count). The molecule has 7 nitrogen and oxygen atoms in total. The van der Waals surface area contributed by atoms with Gasteiger partial charge in [0.2, 0.25) is 5.82 Å². The third-order valence-electron chi connectivity index (χ3n) is 6.43. The van der Waals surface area contributed by atoms with Gasteiger partial charge in [-0.05, 0) is 51.2 Å². The minimum Gasteiger partial charge on any atom is -0.504 e. The van der Waals surface area contributed by atoms with E-state index in [4.69, 9.17) is 10.1 Å². The zero-order valence-electron chi connectivity index (χ0n) is 17.9. The molecule has 1 atom stereocenters. The molecule has 2 aliphatic rings. The van der Waals surface area contributed by atoms with Crippen LogP contribution in [0.4, 0.5) is 14.6 Å². The van der Waals surface area contributed by atoms with E-state index in [0.717, 1.165) is 62.3 Å². The number of halogens is 2. The number of piperidine rings is 1. The average Bonchev–Trinajstić information content (AvgIpc) is 3.46. The van der Waals surface area contributed by atoms with Gasteiger partial charge in [0.05, 0.1) is 17.3 Å². The molecule has 1 unspecified atom stereocenters.